The number of nitrogens with zero attached hydrogens (tertiary/aromatic N) is 5. The molecule has 1 aromatic carbocycles. The molecule has 3 aromatic heterocycles. The average molecular weight is 572 g/mol. The second-order valence-electron chi connectivity index (χ2n) is 8.66. The highest BCUT2D eigenvalue weighted by Crippen LogP contribution is 2.29. The summed E-state index contributed by atoms with van der Waals surface area (Å²) in [5.74, 6) is -2.55. The molecule has 0 spiro atoms. The first-order valence-corrected chi connectivity index (χ1v) is 13.0. The van der Waals surface area contributed by atoms with Crippen LogP contribution < -0.4 is 15.8 Å². The van der Waals surface area contributed by atoms with Gasteiger partial charge in [-0.25, -0.2) is 0 Å². The monoisotopic (exact) mass is 571 g/mol. The number of unbranched alkanes of at least 4 members (excludes halogenated alkanes) is 1. The van der Waals surface area contributed by atoms with Crippen molar-refractivity contribution in [2.75, 3.05) is 5.32 Å². The first-order chi connectivity index (χ1) is 19.2. The molecule has 1 atom stereocenters. The lowest BCUT2D eigenvalue weighted by Gasteiger charge is -2.15. The van der Waals surface area contributed by atoms with Gasteiger partial charge in [0.1, 0.15) is 16.7 Å². The number of primary amides is 1. The summed E-state index contributed by atoms with van der Waals surface area (Å²) in [4.78, 5) is 28.4. The molecule has 4 rings (SSSR count). The molecule has 10 nitrogen and oxygen atoms in total. The maximum atomic E-state index is 12.6. The van der Waals surface area contributed by atoms with E-state index in [0.717, 1.165) is 30.0 Å². The van der Waals surface area contributed by atoms with Gasteiger partial charge in [-0.3, -0.25) is 14.6 Å². The second kappa shape index (κ2) is 13.1. The number of nitrogens with two attached hydrogens (primary N) is 1. The largest absolute Gasteiger partial charge is 0.573 e. The van der Waals surface area contributed by atoms with E-state index in [9.17, 15) is 22.8 Å². The van der Waals surface area contributed by atoms with Gasteiger partial charge < -0.3 is 15.8 Å². The summed E-state index contributed by atoms with van der Waals surface area (Å²) < 4.78 is 41.7. The number of hydrogen-bond acceptors (Lipinski definition) is 9. The van der Waals surface area contributed by atoms with Crippen molar-refractivity contribution in [3.63, 3.8) is 0 Å². The molecule has 0 aliphatic carbocycles. The number of halogens is 3. The maximum absolute atomic E-state index is 12.6. The summed E-state index contributed by atoms with van der Waals surface area (Å²) in [7, 11) is 0. The summed E-state index contributed by atoms with van der Waals surface area (Å²) in [6.45, 7) is 0. The average Bonchev–Trinajstić information content (AvgIpc) is 3.34. The van der Waals surface area contributed by atoms with Crippen LogP contribution in [0.1, 0.15) is 46.4 Å². The van der Waals surface area contributed by atoms with Gasteiger partial charge in [0.15, 0.2) is 0 Å². The highest BCUT2D eigenvalue weighted by Gasteiger charge is 2.32. The van der Waals surface area contributed by atoms with E-state index in [2.05, 4.69) is 35.4 Å². The Morgan fingerprint density at radius 3 is 2.48 bits per heavy atom. The third kappa shape index (κ3) is 8.53. The number of pyridine rings is 1. The Balaban J connectivity index is 1.26. The summed E-state index contributed by atoms with van der Waals surface area (Å²) in [5.41, 5.74) is 7.29. The van der Waals surface area contributed by atoms with E-state index >= 15 is 0 Å². The summed E-state index contributed by atoms with van der Waals surface area (Å²) in [5, 5.41) is 20.3. The van der Waals surface area contributed by atoms with E-state index in [1.54, 1.807) is 30.5 Å². The predicted molar refractivity (Wildman–Crippen MR) is 139 cm³/mol. The molecule has 2 amide bonds. The van der Waals surface area contributed by atoms with Crippen LogP contribution in [0.5, 0.6) is 5.75 Å². The molecule has 4 aromatic rings. The van der Waals surface area contributed by atoms with E-state index < -0.39 is 23.9 Å². The van der Waals surface area contributed by atoms with Crippen molar-refractivity contribution in [3.05, 3.63) is 88.4 Å². The summed E-state index contributed by atoms with van der Waals surface area (Å²) >= 11 is 1.31. The van der Waals surface area contributed by atoms with Gasteiger partial charge in [0.05, 0.1) is 17.8 Å². The zero-order valence-corrected chi connectivity index (χ0v) is 21.8. The van der Waals surface area contributed by atoms with Gasteiger partial charge in [-0.1, -0.05) is 29.5 Å². The van der Waals surface area contributed by atoms with E-state index in [-0.39, 0.29) is 23.6 Å². The van der Waals surface area contributed by atoms with E-state index in [1.807, 2.05) is 6.07 Å². The van der Waals surface area contributed by atoms with Crippen molar-refractivity contribution in [3.8, 4) is 5.75 Å². The smallest absolute Gasteiger partial charge is 0.406 e. The van der Waals surface area contributed by atoms with Gasteiger partial charge >= 0.3 is 6.36 Å². The minimum atomic E-state index is -4.86. The van der Waals surface area contributed by atoms with Gasteiger partial charge in [-0.2, -0.15) is 10.2 Å². The first kappa shape index (κ1) is 28.5. The zero-order valence-electron chi connectivity index (χ0n) is 21.0. The lowest BCUT2D eigenvalue weighted by molar-refractivity contribution is -0.274. The number of nitrogens with one attached hydrogen (secondary N) is 1. The highest BCUT2D eigenvalue weighted by atomic mass is 32.1. The van der Waals surface area contributed by atoms with E-state index in [4.69, 9.17) is 5.73 Å². The second-order valence-corrected chi connectivity index (χ2v) is 9.72. The van der Waals surface area contributed by atoms with Crippen molar-refractivity contribution in [2.45, 2.75) is 44.4 Å². The molecular formula is C26H24F3N7O3S. The van der Waals surface area contributed by atoms with Crippen LogP contribution in [0.3, 0.4) is 0 Å². The van der Waals surface area contributed by atoms with Crippen LogP contribution in [0.2, 0.25) is 0 Å². The third-order valence-corrected chi connectivity index (χ3v) is 6.50. The quantitative estimate of drug-likeness (QED) is 0.243. The number of alkyl halides is 3. The number of carbonyl (C=O) groups excluding carboxylic acids is 2. The molecule has 3 N–H and O–H groups in total. The Morgan fingerprint density at radius 1 is 0.950 bits per heavy atom. The van der Waals surface area contributed by atoms with Crippen LogP contribution >= 0.6 is 11.3 Å². The lowest BCUT2D eigenvalue weighted by Crippen LogP contribution is -2.24. The van der Waals surface area contributed by atoms with E-state index in [0.29, 0.717) is 29.4 Å². The predicted octanol–water partition coefficient (Wildman–Crippen LogP) is 3.99. The molecule has 0 fully saturated rings. The van der Waals surface area contributed by atoms with Crippen molar-refractivity contribution in [2.24, 2.45) is 5.73 Å². The molecule has 1 unspecified atom stereocenters. The molecule has 40 heavy (non-hydrogen) atoms. The Kier molecular flexibility index (Phi) is 9.32. The number of carbonyl (C=O) groups is 2. The minimum absolute atomic E-state index is 0.147. The summed E-state index contributed by atoms with van der Waals surface area (Å²) in [6.07, 6.45) is -0.258. The molecule has 3 heterocycles. The molecule has 0 bridgehead atoms. The molecule has 0 aliphatic rings. The minimum Gasteiger partial charge on any atom is -0.406 e. The van der Waals surface area contributed by atoms with Crippen LogP contribution in [-0.4, -0.2) is 43.6 Å². The number of rotatable bonds is 12. The fourth-order valence-electron chi connectivity index (χ4n) is 3.85. The number of anilines is 1. The van der Waals surface area contributed by atoms with Gasteiger partial charge in [-0.15, -0.1) is 23.4 Å². The van der Waals surface area contributed by atoms with Crippen LogP contribution in [0.25, 0.3) is 0 Å². The van der Waals surface area contributed by atoms with Crippen molar-refractivity contribution >= 4 is 28.3 Å². The summed E-state index contributed by atoms with van der Waals surface area (Å²) in [6, 6.07) is 13.7. The van der Waals surface area contributed by atoms with Crippen LogP contribution in [0, 0.1) is 0 Å². The molecular weight excluding hydrogens is 547 g/mol. The Morgan fingerprint density at radius 2 is 1.77 bits per heavy atom. The number of benzene rings is 1. The fraction of sp³-hybridized carbons (Fsp3) is 0.269. The molecule has 208 valence electrons. The Labute approximate surface area is 230 Å². The molecule has 14 heteroatoms. The highest BCUT2D eigenvalue weighted by molar-refractivity contribution is 7.15. The number of hydrogen-bond donors (Lipinski definition) is 2. The third-order valence-electron chi connectivity index (χ3n) is 5.60. The normalized spacial score (nSPS) is 12.1. The standard InChI is InChI=1S/C26H24F3N7O3S/c27-26(28,29)39-19-9-5-6-16(14-19)23(24(30)38)20-12-11-17(33-34-20)7-1-2-10-22-35-36-25(40-22)32-21(37)15-18-8-3-4-13-31-18/h3-6,8-9,11-14,23H,1-2,7,10,15H2,(H2,30,38)(H,32,36,37). The van der Waals surface area contributed by atoms with Crippen LogP contribution in [-0.2, 0) is 28.9 Å². The zero-order chi connectivity index (χ0) is 28.5. The number of ether oxygens (including phenoxy) is 1. The Hall–Kier alpha value is -4.46. The molecule has 0 saturated carbocycles. The van der Waals surface area contributed by atoms with Crippen LogP contribution in [0.4, 0.5) is 18.3 Å². The fourth-order valence-corrected chi connectivity index (χ4v) is 4.65. The lowest BCUT2D eigenvalue weighted by atomic mass is 9.94. The van der Waals surface area contributed by atoms with Crippen molar-refractivity contribution in [1.29, 1.82) is 0 Å². The number of aromatic nitrogens is 5. The maximum Gasteiger partial charge on any atom is 0.573 e. The molecule has 0 radical (unpaired) electrons. The van der Waals surface area contributed by atoms with Gasteiger partial charge in [0, 0.05) is 18.3 Å². The molecule has 0 saturated heterocycles. The van der Waals surface area contributed by atoms with Gasteiger partial charge in [-0.05, 0) is 61.2 Å². The SMILES string of the molecule is NC(=O)C(c1cccc(OC(F)(F)F)c1)c1ccc(CCCCc2nnc(NC(=O)Cc3ccccn3)s2)nn1. The van der Waals surface area contributed by atoms with Gasteiger partial charge in [0.25, 0.3) is 0 Å². The Bertz CT molecular complexity index is 1430. The van der Waals surface area contributed by atoms with E-state index in [1.165, 1.54) is 23.5 Å². The van der Waals surface area contributed by atoms with Crippen LogP contribution in [0.15, 0.2) is 60.8 Å². The first-order valence-electron chi connectivity index (χ1n) is 12.2. The topological polar surface area (TPSA) is 146 Å². The van der Waals surface area contributed by atoms with Crippen molar-refractivity contribution < 1.29 is 27.5 Å². The molecule has 0 aliphatic heterocycles. The van der Waals surface area contributed by atoms with Crippen molar-refractivity contribution in [1.82, 2.24) is 25.4 Å². The van der Waals surface area contributed by atoms with Gasteiger partial charge in [0.2, 0.25) is 16.9 Å². The number of aryl methyl sites for hydroxylation is 2. The number of amides is 2.